The molecular formula is C16H9F2N3O4. The standard InChI is InChI=1S/C16H9F2N3O4/c17-10-5-9(16(23)24)14(6-11(10)18)19-15(22)13-2-1-12(20-21-13)8-3-4-25-7-8/h1-7H,(H,19,22)(H,23,24). The largest absolute Gasteiger partial charge is 0.478 e. The molecule has 2 aromatic heterocycles. The zero-order chi connectivity index (χ0) is 18.0. The second-order valence-corrected chi connectivity index (χ2v) is 4.89. The van der Waals surface area contributed by atoms with Gasteiger partial charge in [-0.3, -0.25) is 4.79 Å². The molecule has 0 aliphatic carbocycles. The number of carboxylic acids is 1. The molecule has 1 aromatic carbocycles. The van der Waals surface area contributed by atoms with Crippen molar-refractivity contribution < 1.29 is 27.9 Å². The molecule has 0 atom stereocenters. The van der Waals surface area contributed by atoms with Gasteiger partial charge >= 0.3 is 5.97 Å². The SMILES string of the molecule is O=C(Nc1cc(F)c(F)cc1C(=O)O)c1ccc(-c2ccoc2)nn1. The monoisotopic (exact) mass is 345 g/mol. The number of hydrogen-bond donors (Lipinski definition) is 2. The Morgan fingerprint density at radius 3 is 2.44 bits per heavy atom. The van der Waals surface area contributed by atoms with Crippen molar-refractivity contribution in [2.24, 2.45) is 0 Å². The minimum Gasteiger partial charge on any atom is -0.478 e. The van der Waals surface area contributed by atoms with E-state index in [9.17, 15) is 18.4 Å². The van der Waals surface area contributed by atoms with Crippen molar-refractivity contribution in [3.05, 3.63) is 65.7 Å². The topological polar surface area (TPSA) is 105 Å². The lowest BCUT2D eigenvalue weighted by Crippen LogP contribution is -2.17. The van der Waals surface area contributed by atoms with E-state index in [1.807, 2.05) is 0 Å². The summed E-state index contributed by atoms with van der Waals surface area (Å²) in [4.78, 5) is 23.2. The van der Waals surface area contributed by atoms with E-state index < -0.39 is 34.8 Å². The molecule has 0 spiro atoms. The van der Waals surface area contributed by atoms with Crippen LogP contribution in [0.2, 0.25) is 0 Å². The predicted molar refractivity (Wildman–Crippen MR) is 81.0 cm³/mol. The summed E-state index contributed by atoms with van der Waals surface area (Å²) in [5.41, 5.74) is 0.0123. The van der Waals surface area contributed by atoms with Gasteiger partial charge in [0.1, 0.15) is 0 Å². The molecule has 0 unspecified atom stereocenters. The van der Waals surface area contributed by atoms with Crippen LogP contribution in [0.1, 0.15) is 20.8 Å². The Balaban J connectivity index is 1.85. The van der Waals surface area contributed by atoms with Gasteiger partial charge in [0.25, 0.3) is 5.91 Å². The fourth-order valence-corrected chi connectivity index (χ4v) is 2.03. The highest BCUT2D eigenvalue weighted by atomic mass is 19.2. The summed E-state index contributed by atoms with van der Waals surface area (Å²) in [6, 6.07) is 5.59. The Kier molecular flexibility index (Phi) is 4.21. The highest BCUT2D eigenvalue weighted by Crippen LogP contribution is 2.21. The summed E-state index contributed by atoms with van der Waals surface area (Å²) < 4.78 is 31.4. The minimum atomic E-state index is -1.52. The van der Waals surface area contributed by atoms with Crippen molar-refractivity contribution in [1.82, 2.24) is 10.2 Å². The van der Waals surface area contributed by atoms with E-state index in [1.165, 1.54) is 24.7 Å². The molecule has 3 rings (SSSR count). The Labute approximate surface area is 138 Å². The fourth-order valence-electron chi connectivity index (χ4n) is 2.03. The van der Waals surface area contributed by atoms with Gasteiger partial charge in [0, 0.05) is 11.6 Å². The lowest BCUT2D eigenvalue weighted by molar-refractivity contribution is 0.0697. The molecule has 25 heavy (non-hydrogen) atoms. The van der Waals surface area contributed by atoms with E-state index in [0.717, 1.165) is 0 Å². The van der Waals surface area contributed by atoms with E-state index in [0.29, 0.717) is 23.4 Å². The molecule has 0 radical (unpaired) electrons. The molecule has 3 aromatic rings. The summed E-state index contributed by atoms with van der Waals surface area (Å²) >= 11 is 0. The first kappa shape index (κ1) is 16.2. The van der Waals surface area contributed by atoms with Crippen molar-refractivity contribution in [1.29, 1.82) is 0 Å². The number of aromatic nitrogens is 2. The van der Waals surface area contributed by atoms with Gasteiger partial charge in [-0.15, -0.1) is 10.2 Å². The molecule has 0 bridgehead atoms. The zero-order valence-corrected chi connectivity index (χ0v) is 12.4. The number of halogens is 2. The third-order valence-corrected chi connectivity index (χ3v) is 3.25. The number of aromatic carboxylic acids is 1. The molecule has 0 aliphatic heterocycles. The Morgan fingerprint density at radius 1 is 1.08 bits per heavy atom. The number of benzene rings is 1. The van der Waals surface area contributed by atoms with Crippen LogP contribution in [-0.4, -0.2) is 27.2 Å². The highest BCUT2D eigenvalue weighted by Gasteiger charge is 2.18. The maximum Gasteiger partial charge on any atom is 0.337 e. The molecule has 0 saturated carbocycles. The molecule has 2 N–H and O–H groups in total. The molecular weight excluding hydrogens is 336 g/mol. The molecule has 2 heterocycles. The molecule has 0 aliphatic rings. The number of furan rings is 1. The first-order chi connectivity index (χ1) is 12.0. The molecule has 7 nitrogen and oxygen atoms in total. The Hall–Kier alpha value is -3.62. The number of nitrogens with zero attached hydrogens (tertiary/aromatic N) is 2. The van der Waals surface area contributed by atoms with Crippen molar-refractivity contribution >= 4 is 17.6 Å². The van der Waals surface area contributed by atoms with Crippen molar-refractivity contribution in [2.75, 3.05) is 5.32 Å². The number of hydrogen-bond acceptors (Lipinski definition) is 5. The van der Waals surface area contributed by atoms with E-state index in [1.54, 1.807) is 6.07 Å². The molecule has 9 heteroatoms. The van der Waals surface area contributed by atoms with Crippen LogP contribution in [0.25, 0.3) is 11.3 Å². The third-order valence-electron chi connectivity index (χ3n) is 3.25. The zero-order valence-electron chi connectivity index (χ0n) is 12.4. The van der Waals surface area contributed by atoms with Crippen LogP contribution in [0.4, 0.5) is 14.5 Å². The number of rotatable bonds is 4. The number of nitrogens with one attached hydrogen (secondary N) is 1. The van der Waals surface area contributed by atoms with Gasteiger partial charge in [0.2, 0.25) is 0 Å². The van der Waals surface area contributed by atoms with Gasteiger partial charge in [0.15, 0.2) is 17.3 Å². The predicted octanol–water partition coefficient (Wildman–Crippen LogP) is 2.97. The molecule has 126 valence electrons. The minimum absolute atomic E-state index is 0.131. The maximum absolute atomic E-state index is 13.3. The second kappa shape index (κ2) is 6.48. The smallest absolute Gasteiger partial charge is 0.337 e. The first-order valence-electron chi connectivity index (χ1n) is 6.85. The average molecular weight is 345 g/mol. The van der Waals surface area contributed by atoms with Gasteiger partial charge in [-0.25, -0.2) is 13.6 Å². The van der Waals surface area contributed by atoms with Crippen LogP contribution in [0, 0.1) is 11.6 Å². The Morgan fingerprint density at radius 2 is 1.84 bits per heavy atom. The van der Waals surface area contributed by atoms with Gasteiger partial charge in [-0.05, 0) is 24.3 Å². The van der Waals surface area contributed by atoms with E-state index in [4.69, 9.17) is 9.52 Å². The van der Waals surface area contributed by atoms with Gasteiger partial charge in [-0.2, -0.15) is 0 Å². The second-order valence-electron chi connectivity index (χ2n) is 4.89. The quantitative estimate of drug-likeness (QED) is 0.753. The summed E-state index contributed by atoms with van der Waals surface area (Å²) in [5.74, 6) is -4.96. The van der Waals surface area contributed by atoms with Crippen molar-refractivity contribution in [3.8, 4) is 11.3 Å². The summed E-state index contributed by atoms with van der Waals surface area (Å²) in [7, 11) is 0. The summed E-state index contributed by atoms with van der Waals surface area (Å²) in [6.45, 7) is 0. The maximum atomic E-state index is 13.3. The normalized spacial score (nSPS) is 10.5. The van der Waals surface area contributed by atoms with Crippen LogP contribution in [-0.2, 0) is 0 Å². The van der Waals surface area contributed by atoms with E-state index in [-0.39, 0.29) is 5.69 Å². The van der Waals surface area contributed by atoms with Crippen LogP contribution in [0.15, 0.2) is 47.3 Å². The first-order valence-corrected chi connectivity index (χ1v) is 6.85. The number of amides is 1. The van der Waals surface area contributed by atoms with Gasteiger partial charge in [0.05, 0.1) is 29.5 Å². The van der Waals surface area contributed by atoms with Gasteiger partial charge < -0.3 is 14.8 Å². The highest BCUT2D eigenvalue weighted by molar-refractivity contribution is 6.06. The van der Waals surface area contributed by atoms with Gasteiger partial charge in [-0.1, -0.05) is 0 Å². The molecule has 0 saturated heterocycles. The van der Waals surface area contributed by atoms with Crippen molar-refractivity contribution in [2.45, 2.75) is 0 Å². The van der Waals surface area contributed by atoms with Crippen LogP contribution < -0.4 is 5.32 Å². The lowest BCUT2D eigenvalue weighted by atomic mass is 10.1. The van der Waals surface area contributed by atoms with Crippen LogP contribution in [0.3, 0.4) is 0 Å². The lowest BCUT2D eigenvalue weighted by Gasteiger charge is -2.09. The number of carboxylic acid groups (broad SMARTS) is 1. The van der Waals surface area contributed by atoms with E-state index in [2.05, 4.69) is 15.5 Å². The number of carbonyl (C=O) groups is 2. The summed E-state index contributed by atoms with van der Waals surface area (Å²) in [6.07, 6.45) is 2.90. The van der Waals surface area contributed by atoms with Crippen LogP contribution in [0.5, 0.6) is 0 Å². The van der Waals surface area contributed by atoms with Crippen molar-refractivity contribution in [3.63, 3.8) is 0 Å². The Bertz CT molecular complexity index is 941. The average Bonchev–Trinajstić information content (AvgIpc) is 3.12. The van der Waals surface area contributed by atoms with Crippen LogP contribution >= 0.6 is 0 Å². The molecule has 1 amide bonds. The number of anilines is 1. The fraction of sp³-hybridized carbons (Fsp3) is 0. The summed E-state index contributed by atoms with van der Waals surface area (Å²) in [5, 5.41) is 18.8. The van der Waals surface area contributed by atoms with E-state index >= 15 is 0 Å². The third kappa shape index (κ3) is 3.34. The molecule has 0 fully saturated rings. The number of carbonyl (C=O) groups excluding carboxylic acids is 1.